The molecular formula is C32H36O6S. The minimum Gasteiger partial charge on any atom is -0.494 e. The lowest BCUT2D eigenvalue weighted by Crippen LogP contribution is -2.10. The number of esters is 1. The van der Waals surface area contributed by atoms with Crippen molar-refractivity contribution in [1.29, 1.82) is 0 Å². The van der Waals surface area contributed by atoms with E-state index in [1.54, 1.807) is 0 Å². The second-order valence-corrected chi connectivity index (χ2v) is 12.9. The van der Waals surface area contributed by atoms with Crippen LogP contribution in [0.5, 0.6) is 11.5 Å². The van der Waals surface area contributed by atoms with Crippen LogP contribution in [0.15, 0.2) is 54.6 Å². The fourth-order valence-electron chi connectivity index (χ4n) is 5.49. The van der Waals surface area contributed by atoms with Crippen LogP contribution in [0.25, 0.3) is 11.1 Å². The third-order valence-corrected chi connectivity index (χ3v) is 8.55. The highest BCUT2D eigenvalue weighted by Gasteiger charge is 2.45. The smallest absolute Gasteiger partial charge is 0.309 e. The SMILES string of the molecule is CCOC(=O)C1CC1c1ccc(OCc2ccc3c(c2)-c2c(C)cc(OCCCS(C)(=O)=O)cc2CC3)cc1. The van der Waals surface area contributed by atoms with Crippen molar-refractivity contribution >= 4 is 15.8 Å². The molecule has 0 bridgehead atoms. The standard InChI is InChI=1S/C32H36O6S/c1-4-36-32(33)30-19-28(30)23-10-12-26(13-11-23)38-20-22-6-7-24-8-9-25-18-27(37-14-5-15-39(3,34)35)16-21(2)31(25)29(24)17-22/h6-7,10-13,16-18,28,30H,4-5,8-9,14-15,19-20H2,1-3H3. The Hall–Kier alpha value is -3.32. The lowest BCUT2D eigenvalue weighted by molar-refractivity contribution is -0.144. The molecule has 0 spiro atoms. The van der Waals surface area contributed by atoms with Crippen molar-refractivity contribution in [2.45, 2.75) is 52.1 Å². The van der Waals surface area contributed by atoms with E-state index in [1.807, 2.05) is 37.3 Å². The summed E-state index contributed by atoms with van der Waals surface area (Å²) in [6.07, 6.45) is 4.51. The number of carbonyl (C=O) groups is 1. The van der Waals surface area contributed by atoms with Crippen LogP contribution < -0.4 is 9.47 Å². The fourth-order valence-corrected chi connectivity index (χ4v) is 6.13. The summed E-state index contributed by atoms with van der Waals surface area (Å²) < 4.78 is 39.9. The Morgan fingerprint density at radius 1 is 0.949 bits per heavy atom. The minimum absolute atomic E-state index is 0.0129. The summed E-state index contributed by atoms with van der Waals surface area (Å²) in [6.45, 7) is 5.22. The quantitative estimate of drug-likeness (QED) is 0.222. The molecule has 7 heteroatoms. The number of fused-ring (bicyclic) bond motifs is 3. The van der Waals surface area contributed by atoms with Crippen LogP contribution in [0.2, 0.25) is 0 Å². The Bertz CT molecular complexity index is 1460. The van der Waals surface area contributed by atoms with Gasteiger partial charge < -0.3 is 14.2 Å². The van der Waals surface area contributed by atoms with Crippen LogP contribution in [0.1, 0.15) is 53.5 Å². The van der Waals surface area contributed by atoms with E-state index in [4.69, 9.17) is 14.2 Å². The molecule has 0 radical (unpaired) electrons. The monoisotopic (exact) mass is 548 g/mol. The molecule has 2 aliphatic carbocycles. The Balaban J connectivity index is 1.23. The van der Waals surface area contributed by atoms with Gasteiger partial charge in [-0.05, 0) is 115 Å². The van der Waals surface area contributed by atoms with Crippen molar-refractivity contribution in [3.05, 3.63) is 82.4 Å². The van der Waals surface area contributed by atoms with Gasteiger partial charge in [0.1, 0.15) is 27.9 Å². The molecule has 0 heterocycles. The first kappa shape index (κ1) is 27.3. The Labute approximate surface area is 231 Å². The van der Waals surface area contributed by atoms with Gasteiger partial charge in [-0.15, -0.1) is 0 Å². The number of aryl methyl sites for hydroxylation is 3. The third-order valence-electron chi connectivity index (χ3n) is 7.52. The van der Waals surface area contributed by atoms with Crippen LogP contribution in [0, 0.1) is 12.8 Å². The summed E-state index contributed by atoms with van der Waals surface area (Å²) in [7, 11) is -2.98. The molecule has 0 saturated heterocycles. The first-order valence-corrected chi connectivity index (χ1v) is 15.7. The summed E-state index contributed by atoms with van der Waals surface area (Å²) >= 11 is 0. The second kappa shape index (κ2) is 11.4. The molecule has 2 unspecified atom stereocenters. The van der Waals surface area contributed by atoms with Gasteiger partial charge in [0, 0.05) is 6.26 Å². The van der Waals surface area contributed by atoms with Gasteiger partial charge in [0.05, 0.1) is 24.9 Å². The molecule has 2 aliphatic rings. The molecule has 1 fully saturated rings. The maximum Gasteiger partial charge on any atom is 0.309 e. The zero-order valence-electron chi connectivity index (χ0n) is 22.9. The lowest BCUT2D eigenvalue weighted by atomic mass is 9.82. The van der Waals surface area contributed by atoms with E-state index in [-0.39, 0.29) is 23.6 Å². The first-order valence-electron chi connectivity index (χ1n) is 13.7. The lowest BCUT2D eigenvalue weighted by Gasteiger charge is -2.24. The molecular weight excluding hydrogens is 512 g/mol. The maximum atomic E-state index is 11.9. The zero-order chi connectivity index (χ0) is 27.6. The highest BCUT2D eigenvalue weighted by Crippen LogP contribution is 2.48. The van der Waals surface area contributed by atoms with Gasteiger partial charge in [0.15, 0.2) is 0 Å². The Morgan fingerprint density at radius 3 is 2.46 bits per heavy atom. The molecule has 0 amide bonds. The van der Waals surface area contributed by atoms with Gasteiger partial charge in [-0.1, -0.05) is 24.3 Å². The third kappa shape index (κ3) is 6.64. The summed E-state index contributed by atoms with van der Waals surface area (Å²) in [5.41, 5.74) is 8.51. The van der Waals surface area contributed by atoms with E-state index in [2.05, 4.69) is 31.2 Å². The number of carbonyl (C=O) groups excluding carboxylic acids is 1. The molecule has 6 nitrogen and oxygen atoms in total. The van der Waals surface area contributed by atoms with E-state index < -0.39 is 9.84 Å². The van der Waals surface area contributed by atoms with Gasteiger partial charge in [-0.2, -0.15) is 0 Å². The number of hydrogen-bond donors (Lipinski definition) is 0. The number of rotatable bonds is 11. The van der Waals surface area contributed by atoms with Gasteiger partial charge in [-0.25, -0.2) is 8.42 Å². The molecule has 0 aliphatic heterocycles. The Kier molecular flexibility index (Phi) is 7.98. The number of hydrogen-bond acceptors (Lipinski definition) is 6. The zero-order valence-corrected chi connectivity index (χ0v) is 23.7. The highest BCUT2D eigenvalue weighted by molar-refractivity contribution is 7.90. The van der Waals surface area contributed by atoms with Gasteiger partial charge in [-0.3, -0.25) is 4.79 Å². The largest absolute Gasteiger partial charge is 0.494 e. The van der Waals surface area contributed by atoms with Crippen LogP contribution >= 0.6 is 0 Å². The molecule has 0 aromatic heterocycles. The second-order valence-electron chi connectivity index (χ2n) is 10.7. The summed E-state index contributed by atoms with van der Waals surface area (Å²) in [6, 6.07) is 18.8. The van der Waals surface area contributed by atoms with Crippen molar-refractivity contribution in [2.75, 3.05) is 25.2 Å². The van der Waals surface area contributed by atoms with Gasteiger partial charge >= 0.3 is 5.97 Å². The van der Waals surface area contributed by atoms with Gasteiger partial charge in [0.2, 0.25) is 0 Å². The maximum absolute atomic E-state index is 11.9. The number of sulfone groups is 1. The molecule has 2 atom stereocenters. The molecule has 206 valence electrons. The fraction of sp³-hybridized carbons (Fsp3) is 0.406. The molecule has 3 aromatic rings. The van der Waals surface area contributed by atoms with Crippen molar-refractivity contribution in [3.8, 4) is 22.6 Å². The molecule has 1 saturated carbocycles. The van der Waals surface area contributed by atoms with Crippen molar-refractivity contribution in [3.63, 3.8) is 0 Å². The van der Waals surface area contributed by atoms with Gasteiger partial charge in [0.25, 0.3) is 0 Å². The molecule has 5 rings (SSSR count). The predicted molar refractivity (Wildman–Crippen MR) is 152 cm³/mol. The van der Waals surface area contributed by atoms with E-state index in [9.17, 15) is 13.2 Å². The van der Waals surface area contributed by atoms with Crippen LogP contribution in [0.4, 0.5) is 0 Å². The first-order chi connectivity index (χ1) is 18.7. The van der Waals surface area contributed by atoms with Crippen LogP contribution in [-0.2, 0) is 38.8 Å². The van der Waals surface area contributed by atoms with E-state index in [0.717, 1.165) is 47.5 Å². The van der Waals surface area contributed by atoms with E-state index >= 15 is 0 Å². The Morgan fingerprint density at radius 2 is 1.72 bits per heavy atom. The van der Waals surface area contributed by atoms with E-state index in [0.29, 0.717) is 26.2 Å². The average Bonchev–Trinajstić information content (AvgIpc) is 3.71. The highest BCUT2D eigenvalue weighted by atomic mass is 32.2. The van der Waals surface area contributed by atoms with E-state index in [1.165, 1.54) is 28.5 Å². The average molecular weight is 549 g/mol. The predicted octanol–water partition coefficient (Wildman–Crippen LogP) is 5.82. The number of ether oxygens (including phenoxy) is 3. The van der Waals surface area contributed by atoms with Crippen molar-refractivity contribution in [2.24, 2.45) is 5.92 Å². The van der Waals surface area contributed by atoms with Crippen molar-refractivity contribution in [1.82, 2.24) is 0 Å². The minimum atomic E-state index is -2.98. The summed E-state index contributed by atoms with van der Waals surface area (Å²) in [4.78, 5) is 11.9. The molecule has 39 heavy (non-hydrogen) atoms. The normalized spacial score (nSPS) is 17.6. The summed E-state index contributed by atoms with van der Waals surface area (Å²) in [5.74, 6) is 1.88. The molecule has 0 N–H and O–H groups in total. The summed E-state index contributed by atoms with van der Waals surface area (Å²) in [5, 5.41) is 0. The number of benzene rings is 3. The van der Waals surface area contributed by atoms with Crippen LogP contribution in [0.3, 0.4) is 0 Å². The molecule has 3 aromatic carbocycles. The topological polar surface area (TPSA) is 78.9 Å². The van der Waals surface area contributed by atoms with Crippen LogP contribution in [-0.4, -0.2) is 39.6 Å². The van der Waals surface area contributed by atoms with Crippen molar-refractivity contribution < 1.29 is 27.4 Å².